The quantitative estimate of drug-likeness (QED) is 0.437. The van der Waals surface area contributed by atoms with Gasteiger partial charge in [0.1, 0.15) is 0 Å². The van der Waals surface area contributed by atoms with Crippen molar-refractivity contribution in [3.05, 3.63) is 34.2 Å². The van der Waals surface area contributed by atoms with Crippen LogP contribution in [0.1, 0.15) is 17.5 Å². The van der Waals surface area contributed by atoms with Crippen molar-refractivity contribution in [3.63, 3.8) is 0 Å². The molecule has 0 heterocycles. The van der Waals surface area contributed by atoms with Crippen LogP contribution in [0.3, 0.4) is 0 Å². The van der Waals surface area contributed by atoms with Crippen LogP contribution in [0.4, 0.5) is 5.69 Å². The molecular formula is C10H14N2O. The van der Waals surface area contributed by atoms with Crippen molar-refractivity contribution in [2.45, 2.75) is 19.8 Å². The van der Waals surface area contributed by atoms with Crippen LogP contribution in [-0.4, -0.2) is 6.54 Å². The zero-order chi connectivity index (χ0) is 9.68. The molecule has 0 aromatic heterocycles. The van der Waals surface area contributed by atoms with E-state index in [0.717, 1.165) is 29.7 Å². The number of hydrogen-bond acceptors (Lipinski definition) is 3. The van der Waals surface area contributed by atoms with Gasteiger partial charge >= 0.3 is 0 Å². The molecule has 2 N–H and O–H groups in total. The standard InChI is InChI=1S/C10H14N2O/c1-8-4-5-9(10(11)7-8)3-2-6-12-13/h4-5,7H,2-3,6,11H2,1H3. The molecule has 0 aliphatic rings. The van der Waals surface area contributed by atoms with Crippen LogP contribution in [0.25, 0.3) is 0 Å². The molecule has 1 aromatic carbocycles. The highest BCUT2D eigenvalue weighted by atomic mass is 16.3. The highest BCUT2D eigenvalue weighted by Crippen LogP contribution is 2.15. The van der Waals surface area contributed by atoms with Gasteiger partial charge in [0.05, 0.1) is 6.54 Å². The number of nitrogen functional groups attached to an aromatic ring is 1. The van der Waals surface area contributed by atoms with E-state index in [9.17, 15) is 4.91 Å². The lowest BCUT2D eigenvalue weighted by Crippen LogP contribution is -1.96. The number of nitroso groups, excluding NO2 is 1. The van der Waals surface area contributed by atoms with E-state index in [1.807, 2.05) is 25.1 Å². The van der Waals surface area contributed by atoms with Gasteiger partial charge in [0.15, 0.2) is 0 Å². The molecule has 1 aromatic rings. The molecule has 0 spiro atoms. The van der Waals surface area contributed by atoms with Crippen LogP contribution in [0.2, 0.25) is 0 Å². The van der Waals surface area contributed by atoms with Gasteiger partial charge in [-0.15, -0.1) is 0 Å². The maximum absolute atomic E-state index is 9.85. The molecule has 0 aliphatic carbocycles. The summed E-state index contributed by atoms with van der Waals surface area (Å²) in [6.07, 6.45) is 1.61. The van der Waals surface area contributed by atoms with Gasteiger partial charge in [0.2, 0.25) is 0 Å². The van der Waals surface area contributed by atoms with Gasteiger partial charge in [-0.2, -0.15) is 4.91 Å². The number of nitrogens with zero attached hydrogens (tertiary/aromatic N) is 1. The first-order valence-corrected chi connectivity index (χ1v) is 4.38. The minimum Gasteiger partial charge on any atom is -0.398 e. The molecule has 1 rings (SSSR count). The van der Waals surface area contributed by atoms with E-state index in [0.29, 0.717) is 6.54 Å². The Balaban J connectivity index is 2.61. The lowest BCUT2D eigenvalue weighted by atomic mass is 10.1. The SMILES string of the molecule is Cc1ccc(CCCN=O)c(N)c1. The summed E-state index contributed by atoms with van der Waals surface area (Å²) in [5, 5.41) is 2.81. The van der Waals surface area contributed by atoms with E-state index in [4.69, 9.17) is 5.73 Å². The lowest BCUT2D eigenvalue weighted by Gasteiger charge is -2.04. The second-order valence-corrected chi connectivity index (χ2v) is 3.16. The second-order valence-electron chi connectivity index (χ2n) is 3.16. The Labute approximate surface area is 77.9 Å². The van der Waals surface area contributed by atoms with E-state index < -0.39 is 0 Å². The fraction of sp³-hybridized carbons (Fsp3) is 0.400. The Kier molecular flexibility index (Phi) is 3.43. The van der Waals surface area contributed by atoms with Crippen molar-refractivity contribution in [1.29, 1.82) is 0 Å². The largest absolute Gasteiger partial charge is 0.398 e. The van der Waals surface area contributed by atoms with Crippen molar-refractivity contribution in [3.8, 4) is 0 Å². The third-order valence-electron chi connectivity index (χ3n) is 2.00. The number of benzene rings is 1. The maximum Gasteiger partial charge on any atom is 0.0814 e. The van der Waals surface area contributed by atoms with Gasteiger partial charge < -0.3 is 5.73 Å². The van der Waals surface area contributed by atoms with E-state index in [1.54, 1.807) is 0 Å². The normalized spacial score (nSPS) is 9.92. The topological polar surface area (TPSA) is 55.5 Å². The summed E-state index contributed by atoms with van der Waals surface area (Å²) in [6, 6.07) is 5.99. The van der Waals surface area contributed by atoms with E-state index >= 15 is 0 Å². The van der Waals surface area contributed by atoms with Crippen molar-refractivity contribution >= 4 is 5.69 Å². The first kappa shape index (κ1) is 9.71. The summed E-state index contributed by atoms with van der Waals surface area (Å²) in [5.74, 6) is 0. The van der Waals surface area contributed by atoms with E-state index in [-0.39, 0.29) is 0 Å². The third kappa shape index (κ3) is 2.86. The summed E-state index contributed by atoms with van der Waals surface area (Å²) >= 11 is 0. The summed E-state index contributed by atoms with van der Waals surface area (Å²) < 4.78 is 0. The Morgan fingerprint density at radius 2 is 2.23 bits per heavy atom. The number of aryl methyl sites for hydroxylation is 2. The van der Waals surface area contributed by atoms with Gasteiger partial charge in [0.25, 0.3) is 0 Å². The summed E-state index contributed by atoms with van der Waals surface area (Å²) in [4.78, 5) is 9.85. The average Bonchev–Trinajstić information content (AvgIpc) is 2.09. The average molecular weight is 178 g/mol. The van der Waals surface area contributed by atoms with Crippen molar-refractivity contribution in [2.75, 3.05) is 12.3 Å². The number of nitrogens with two attached hydrogens (primary N) is 1. The number of hydrogen-bond donors (Lipinski definition) is 1. The molecular weight excluding hydrogens is 164 g/mol. The lowest BCUT2D eigenvalue weighted by molar-refractivity contribution is 0.830. The smallest absolute Gasteiger partial charge is 0.0814 e. The van der Waals surface area contributed by atoms with Gasteiger partial charge in [-0.05, 0) is 37.0 Å². The molecule has 0 unspecified atom stereocenters. The van der Waals surface area contributed by atoms with Gasteiger partial charge in [-0.3, -0.25) is 0 Å². The fourth-order valence-corrected chi connectivity index (χ4v) is 1.28. The summed E-state index contributed by atoms with van der Waals surface area (Å²) in [5.41, 5.74) is 8.87. The molecule has 0 fully saturated rings. The van der Waals surface area contributed by atoms with Gasteiger partial charge in [-0.25, -0.2) is 0 Å². The zero-order valence-corrected chi connectivity index (χ0v) is 7.79. The molecule has 0 saturated heterocycles. The first-order valence-electron chi connectivity index (χ1n) is 4.38. The molecule has 3 heteroatoms. The van der Waals surface area contributed by atoms with Crippen molar-refractivity contribution in [1.82, 2.24) is 0 Å². The molecule has 0 aliphatic heterocycles. The molecule has 0 bridgehead atoms. The minimum atomic E-state index is 0.368. The zero-order valence-electron chi connectivity index (χ0n) is 7.79. The van der Waals surface area contributed by atoms with Crippen LogP contribution < -0.4 is 5.73 Å². The molecule has 70 valence electrons. The third-order valence-corrected chi connectivity index (χ3v) is 2.00. The van der Waals surface area contributed by atoms with Crippen molar-refractivity contribution in [2.24, 2.45) is 5.18 Å². The maximum atomic E-state index is 9.85. The summed E-state index contributed by atoms with van der Waals surface area (Å²) in [6.45, 7) is 2.38. The Morgan fingerprint density at radius 1 is 1.46 bits per heavy atom. The van der Waals surface area contributed by atoms with Crippen LogP contribution >= 0.6 is 0 Å². The predicted molar refractivity (Wildman–Crippen MR) is 54.6 cm³/mol. The fourth-order valence-electron chi connectivity index (χ4n) is 1.28. The monoisotopic (exact) mass is 178 g/mol. The van der Waals surface area contributed by atoms with Crippen LogP contribution in [0, 0.1) is 11.8 Å². The molecule has 0 radical (unpaired) electrons. The molecule has 0 amide bonds. The van der Waals surface area contributed by atoms with Crippen molar-refractivity contribution < 1.29 is 0 Å². The molecule has 13 heavy (non-hydrogen) atoms. The highest BCUT2D eigenvalue weighted by Gasteiger charge is 1.98. The second kappa shape index (κ2) is 4.60. The first-order chi connectivity index (χ1) is 6.24. The van der Waals surface area contributed by atoms with Crippen LogP contribution in [-0.2, 0) is 6.42 Å². The Morgan fingerprint density at radius 3 is 2.85 bits per heavy atom. The minimum absolute atomic E-state index is 0.368. The van der Waals surface area contributed by atoms with Crippen LogP contribution in [0.15, 0.2) is 23.4 Å². The number of anilines is 1. The Hall–Kier alpha value is -1.38. The number of rotatable bonds is 4. The molecule has 3 nitrogen and oxygen atoms in total. The van der Waals surface area contributed by atoms with Crippen LogP contribution in [0.5, 0.6) is 0 Å². The summed E-state index contributed by atoms with van der Waals surface area (Å²) in [7, 11) is 0. The van der Waals surface area contributed by atoms with Gasteiger partial charge in [-0.1, -0.05) is 17.3 Å². The van der Waals surface area contributed by atoms with E-state index in [2.05, 4.69) is 5.18 Å². The Bertz CT molecular complexity index is 297. The highest BCUT2D eigenvalue weighted by molar-refractivity contribution is 5.48. The molecule has 0 atom stereocenters. The predicted octanol–water partition coefficient (Wildman–Crippen LogP) is 2.28. The molecule has 0 saturated carbocycles. The van der Waals surface area contributed by atoms with E-state index in [1.165, 1.54) is 0 Å². The van der Waals surface area contributed by atoms with Gasteiger partial charge in [0, 0.05) is 5.69 Å².